The zero-order chi connectivity index (χ0) is 14.2. The van der Waals surface area contributed by atoms with Gasteiger partial charge in [-0.1, -0.05) is 48.4 Å². The van der Waals surface area contributed by atoms with Crippen molar-refractivity contribution < 1.29 is 4.74 Å². The Balaban J connectivity index is 1.92. The van der Waals surface area contributed by atoms with Crippen LogP contribution in [0.25, 0.3) is 0 Å². The van der Waals surface area contributed by atoms with Crippen LogP contribution in [0.4, 0.5) is 0 Å². The Morgan fingerprint density at radius 3 is 2.70 bits per heavy atom. The number of ether oxygens (including phenoxy) is 1. The van der Waals surface area contributed by atoms with Crippen molar-refractivity contribution in [2.75, 3.05) is 6.61 Å². The molecule has 0 aromatic heterocycles. The first kappa shape index (κ1) is 14.2. The van der Waals surface area contributed by atoms with E-state index in [4.69, 9.17) is 11.2 Å². The van der Waals surface area contributed by atoms with E-state index < -0.39 is 0 Å². The Morgan fingerprint density at radius 1 is 1.15 bits per heavy atom. The summed E-state index contributed by atoms with van der Waals surface area (Å²) >= 11 is 0. The molecule has 2 aromatic rings. The number of rotatable bonds is 6. The molecule has 1 atom stereocenters. The number of hydrogen-bond acceptors (Lipinski definition) is 2. The average Bonchev–Trinajstić information content (AvgIpc) is 2.52. The normalized spacial score (nSPS) is 11.6. The summed E-state index contributed by atoms with van der Waals surface area (Å²) in [6.07, 6.45) is 5.19. The molecule has 2 nitrogen and oxygen atoms in total. The summed E-state index contributed by atoms with van der Waals surface area (Å²) in [6, 6.07) is 18.7. The van der Waals surface area contributed by atoms with Crippen molar-refractivity contribution in [3.05, 3.63) is 65.7 Å². The minimum atomic E-state index is 0.303. The van der Waals surface area contributed by atoms with Gasteiger partial charge in [-0.05, 0) is 30.2 Å². The lowest BCUT2D eigenvalue weighted by Gasteiger charge is -2.14. The fraction of sp³-hybridized carbons (Fsp3) is 0.222. The second kappa shape index (κ2) is 7.37. The first-order chi connectivity index (χ1) is 9.79. The highest BCUT2D eigenvalue weighted by molar-refractivity contribution is 5.29. The maximum absolute atomic E-state index is 5.42. The zero-order valence-corrected chi connectivity index (χ0v) is 11.7. The van der Waals surface area contributed by atoms with Gasteiger partial charge in [-0.2, -0.15) is 0 Å². The second-order valence-corrected chi connectivity index (χ2v) is 4.65. The molecule has 0 heterocycles. The molecule has 2 aromatic carbocycles. The van der Waals surface area contributed by atoms with Crippen LogP contribution < -0.4 is 10.1 Å². The van der Waals surface area contributed by atoms with E-state index in [1.165, 1.54) is 11.1 Å². The molecule has 0 bridgehead atoms. The summed E-state index contributed by atoms with van der Waals surface area (Å²) < 4.78 is 5.42. The van der Waals surface area contributed by atoms with Gasteiger partial charge in [0, 0.05) is 12.6 Å². The SMILES string of the molecule is C#CCOc1cccc(CNC(C)c2ccccc2)c1. The van der Waals surface area contributed by atoms with Crippen LogP contribution in [0.2, 0.25) is 0 Å². The summed E-state index contributed by atoms with van der Waals surface area (Å²) in [4.78, 5) is 0. The predicted octanol–water partition coefficient (Wildman–Crippen LogP) is 3.55. The van der Waals surface area contributed by atoms with Crippen LogP contribution in [0.15, 0.2) is 54.6 Å². The minimum Gasteiger partial charge on any atom is -0.481 e. The molecule has 0 aliphatic carbocycles. The molecular formula is C18H19NO. The van der Waals surface area contributed by atoms with Gasteiger partial charge in [-0.25, -0.2) is 0 Å². The van der Waals surface area contributed by atoms with Crippen LogP contribution in [0.3, 0.4) is 0 Å². The van der Waals surface area contributed by atoms with E-state index in [-0.39, 0.29) is 0 Å². The highest BCUT2D eigenvalue weighted by atomic mass is 16.5. The molecule has 20 heavy (non-hydrogen) atoms. The third-order valence-corrected chi connectivity index (χ3v) is 3.13. The standard InChI is InChI=1S/C18H19NO/c1-3-12-20-18-11-7-8-16(13-18)14-19-15(2)17-9-5-4-6-10-17/h1,4-11,13,15,19H,12,14H2,2H3. The molecule has 0 saturated heterocycles. The maximum Gasteiger partial charge on any atom is 0.148 e. The molecule has 0 spiro atoms. The molecule has 0 aliphatic heterocycles. The molecular weight excluding hydrogens is 246 g/mol. The van der Waals surface area contributed by atoms with E-state index in [1.54, 1.807) is 0 Å². The molecule has 0 amide bonds. The van der Waals surface area contributed by atoms with Gasteiger partial charge in [0.1, 0.15) is 12.4 Å². The van der Waals surface area contributed by atoms with E-state index in [0.717, 1.165) is 12.3 Å². The number of benzene rings is 2. The quantitative estimate of drug-likeness (QED) is 0.806. The van der Waals surface area contributed by atoms with Gasteiger partial charge >= 0.3 is 0 Å². The van der Waals surface area contributed by atoms with E-state index in [9.17, 15) is 0 Å². The Labute approximate surface area is 120 Å². The van der Waals surface area contributed by atoms with Gasteiger partial charge in [-0.3, -0.25) is 0 Å². The highest BCUT2D eigenvalue weighted by Gasteiger charge is 2.04. The lowest BCUT2D eigenvalue weighted by atomic mass is 10.1. The molecule has 0 saturated carbocycles. The number of nitrogens with one attached hydrogen (secondary N) is 1. The van der Waals surface area contributed by atoms with Crippen LogP contribution in [0.1, 0.15) is 24.1 Å². The van der Waals surface area contributed by atoms with Crippen LogP contribution in [0, 0.1) is 12.3 Å². The monoisotopic (exact) mass is 265 g/mol. The Bertz CT molecular complexity index is 571. The van der Waals surface area contributed by atoms with Gasteiger partial charge in [0.05, 0.1) is 0 Å². The number of hydrogen-bond donors (Lipinski definition) is 1. The largest absolute Gasteiger partial charge is 0.481 e. The highest BCUT2D eigenvalue weighted by Crippen LogP contribution is 2.15. The van der Waals surface area contributed by atoms with Crippen molar-refractivity contribution in [3.8, 4) is 18.1 Å². The predicted molar refractivity (Wildman–Crippen MR) is 82.5 cm³/mol. The fourth-order valence-corrected chi connectivity index (χ4v) is 2.00. The van der Waals surface area contributed by atoms with Crippen LogP contribution >= 0.6 is 0 Å². The molecule has 0 aliphatic rings. The molecule has 2 rings (SSSR count). The third-order valence-electron chi connectivity index (χ3n) is 3.13. The van der Waals surface area contributed by atoms with Crippen LogP contribution in [-0.2, 0) is 6.54 Å². The second-order valence-electron chi connectivity index (χ2n) is 4.65. The fourth-order valence-electron chi connectivity index (χ4n) is 2.00. The van der Waals surface area contributed by atoms with Crippen LogP contribution in [0.5, 0.6) is 5.75 Å². The average molecular weight is 265 g/mol. The first-order valence-corrected chi connectivity index (χ1v) is 6.73. The summed E-state index contributed by atoms with van der Waals surface area (Å²) in [7, 11) is 0. The first-order valence-electron chi connectivity index (χ1n) is 6.73. The summed E-state index contributed by atoms with van der Waals surface area (Å²) in [5, 5.41) is 3.50. The van der Waals surface area contributed by atoms with Gasteiger partial charge in [0.25, 0.3) is 0 Å². The lowest BCUT2D eigenvalue weighted by Crippen LogP contribution is -2.17. The van der Waals surface area contributed by atoms with E-state index in [2.05, 4.69) is 48.5 Å². The lowest BCUT2D eigenvalue weighted by molar-refractivity contribution is 0.369. The molecule has 2 heteroatoms. The van der Waals surface area contributed by atoms with Crippen molar-refractivity contribution in [3.63, 3.8) is 0 Å². The van der Waals surface area contributed by atoms with Gasteiger partial charge < -0.3 is 10.1 Å². The maximum atomic E-state index is 5.42. The third kappa shape index (κ3) is 4.15. The van der Waals surface area contributed by atoms with E-state index in [1.807, 2.05) is 24.3 Å². The Hall–Kier alpha value is -2.24. The van der Waals surface area contributed by atoms with Crippen molar-refractivity contribution in [2.24, 2.45) is 0 Å². The van der Waals surface area contributed by atoms with Gasteiger partial charge in [0.15, 0.2) is 0 Å². The Kier molecular flexibility index (Phi) is 5.23. The molecule has 0 fully saturated rings. The van der Waals surface area contributed by atoms with Crippen molar-refractivity contribution >= 4 is 0 Å². The summed E-state index contributed by atoms with van der Waals surface area (Å²) in [6.45, 7) is 3.26. The summed E-state index contributed by atoms with van der Waals surface area (Å²) in [5.74, 6) is 3.28. The van der Waals surface area contributed by atoms with Crippen molar-refractivity contribution in [1.29, 1.82) is 0 Å². The van der Waals surface area contributed by atoms with Crippen molar-refractivity contribution in [1.82, 2.24) is 5.32 Å². The number of terminal acetylenes is 1. The Morgan fingerprint density at radius 2 is 1.95 bits per heavy atom. The van der Waals surface area contributed by atoms with Crippen molar-refractivity contribution in [2.45, 2.75) is 19.5 Å². The smallest absolute Gasteiger partial charge is 0.148 e. The topological polar surface area (TPSA) is 21.3 Å². The van der Waals surface area contributed by atoms with E-state index in [0.29, 0.717) is 12.6 Å². The molecule has 1 N–H and O–H groups in total. The molecule has 0 radical (unpaired) electrons. The summed E-state index contributed by atoms with van der Waals surface area (Å²) in [5.41, 5.74) is 2.47. The molecule has 1 unspecified atom stereocenters. The molecule has 102 valence electrons. The van der Waals surface area contributed by atoms with Gasteiger partial charge in [-0.15, -0.1) is 6.42 Å². The van der Waals surface area contributed by atoms with Crippen LogP contribution in [-0.4, -0.2) is 6.61 Å². The van der Waals surface area contributed by atoms with Gasteiger partial charge in [0.2, 0.25) is 0 Å². The van der Waals surface area contributed by atoms with E-state index >= 15 is 0 Å². The zero-order valence-electron chi connectivity index (χ0n) is 11.7. The minimum absolute atomic E-state index is 0.303.